The summed E-state index contributed by atoms with van der Waals surface area (Å²) in [6, 6.07) is 4.39. The molecule has 1 heterocycles. The van der Waals surface area contributed by atoms with E-state index in [9.17, 15) is 5.11 Å². The molecule has 0 fully saturated rings. The van der Waals surface area contributed by atoms with Gasteiger partial charge in [0.05, 0.1) is 15.9 Å². The Morgan fingerprint density at radius 3 is 2.69 bits per heavy atom. The van der Waals surface area contributed by atoms with Crippen LogP contribution < -0.4 is 5.73 Å². The van der Waals surface area contributed by atoms with E-state index in [4.69, 9.17) is 5.73 Å². The number of thiophene rings is 1. The van der Waals surface area contributed by atoms with Crippen molar-refractivity contribution in [3.63, 3.8) is 0 Å². The van der Waals surface area contributed by atoms with Gasteiger partial charge in [0.1, 0.15) is 0 Å². The van der Waals surface area contributed by atoms with Crippen LogP contribution in [-0.2, 0) is 0 Å². The number of nitrogens with zero attached hydrogens (tertiary/aromatic N) is 1. The molecule has 0 saturated heterocycles. The minimum absolute atomic E-state index is 0.245. The van der Waals surface area contributed by atoms with E-state index in [-0.39, 0.29) is 12.1 Å². The molecule has 0 amide bonds. The quantitative estimate of drug-likeness (QED) is 0.847. The van der Waals surface area contributed by atoms with Gasteiger partial charge in [-0.1, -0.05) is 0 Å². The summed E-state index contributed by atoms with van der Waals surface area (Å²) in [5, 5.41) is 9.27. The van der Waals surface area contributed by atoms with Crippen LogP contribution in [0.1, 0.15) is 24.3 Å². The number of likely N-dealkylation sites (N-methyl/N-ethyl adjacent to an activating group) is 1. The molecule has 0 spiro atoms. The standard InChI is InChI=1S/C11H19BrN2OS/c1-8(15)5-6-14(2)9(7-13)10-3-4-11(12)16-10/h3-4,8-9,15H,5-7,13H2,1-2H3. The third kappa shape index (κ3) is 4.14. The third-order valence-corrected chi connectivity index (χ3v) is 4.30. The Kier molecular flexibility index (Phi) is 5.92. The van der Waals surface area contributed by atoms with Crippen LogP contribution in [0.25, 0.3) is 0 Å². The highest BCUT2D eigenvalue weighted by molar-refractivity contribution is 9.11. The second-order valence-electron chi connectivity index (χ2n) is 4.01. The predicted molar refractivity (Wildman–Crippen MR) is 72.7 cm³/mol. The SMILES string of the molecule is CC(O)CCN(C)C(CN)c1ccc(Br)s1. The second kappa shape index (κ2) is 6.71. The van der Waals surface area contributed by atoms with Crippen LogP contribution in [0.3, 0.4) is 0 Å². The highest BCUT2D eigenvalue weighted by Crippen LogP contribution is 2.29. The van der Waals surface area contributed by atoms with Gasteiger partial charge in [-0.25, -0.2) is 0 Å². The molecule has 3 nitrogen and oxygen atoms in total. The molecular weight excluding hydrogens is 288 g/mol. The van der Waals surface area contributed by atoms with Crippen molar-refractivity contribution in [3.8, 4) is 0 Å². The first-order valence-corrected chi connectivity index (χ1v) is 6.99. The minimum Gasteiger partial charge on any atom is -0.393 e. The topological polar surface area (TPSA) is 49.5 Å². The lowest BCUT2D eigenvalue weighted by Gasteiger charge is -2.26. The molecule has 1 rings (SSSR count). The second-order valence-corrected chi connectivity index (χ2v) is 6.51. The number of aliphatic hydroxyl groups is 1. The van der Waals surface area contributed by atoms with E-state index in [2.05, 4.69) is 26.9 Å². The molecule has 0 aliphatic rings. The molecule has 0 aliphatic heterocycles. The van der Waals surface area contributed by atoms with Crippen LogP contribution in [0.5, 0.6) is 0 Å². The zero-order valence-electron chi connectivity index (χ0n) is 9.69. The van der Waals surface area contributed by atoms with Crippen molar-refractivity contribution in [3.05, 3.63) is 20.8 Å². The lowest BCUT2D eigenvalue weighted by molar-refractivity contribution is 0.151. The monoisotopic (exact) mass is 306 g/mol. The number of rotatable bonds is 6. The normalized spacial score (nSPS) is 15.4. The predicted octanol–water partition coefficient (Wildman–Crippen LogP) is 2.21. The first-order valence-electron chi connectivity index (χ1n) is 5.38. The van der Waals surface area contributed by atoms with Gasteiger partial charge in [-0.05, 0) is 48.5 Å². The van der Waals surface area contributed by atoms with E-state index in [0.717, 1.165) is 16.8 Å². The van der Waals surface area contributed by atoms with Gasteiger partial charge in [-0.2, -0.15) is 0 Å². The maximum absolute atomic E-state index is 9.27. The molecule has 16 heavy (non-hydrogen) atoms. The lowest BCUT2D eigenvalue weighted by Crippen LogP contribution is -2.31. The van der Waals surface area contributed by atoms with Crippen LogP contribution in [0.4, 0.5) is 0 Å². The summed E-state index contributed by atoms with van der Waals surface area (Å²) in [6.45, 7) is 3.27. The maximum Gasteiger partial charge on any atom is 0.0702 e. The summed E-state index contributed by atoms with van der Waals surface area (Å²) in [7, 11) is 2.05. The average molecular weight is 307 g/mol. The van der Waals surface area contributed by atoms with Gasteiger partial charge in [0, 0.05) is 18.0 Å². The molecule has 0 saturated carbocycles. The van der Waals surface area contributed by atoms with Crippen molar-refractivity contribution in [2.24, 2.45) is 5.73 Å². The van der Waals surface area contributed by atoms with Gasteiger partial charge in [0.15, 0.2) is 0 Å². The van der Waals surface area contributed by atoms with Gasteiger partial charge in [0.25, 0.3) is 0 Å². The summed E-state index contributed by atoms with van der Waals surface area (Å²) >= 11 is 5.18. The van der Waals surface area contributed by atoms with Gasteiger partial charge in [-0.3, -0.25) is 4.90 Å². The Morgan fingerprint density at radius 1 is 1.56 bits per heavy atom. The number of aliphatic hydroxyl groups excluding tert-OH is 1. The van der Waals surface area contributed by atoms with E-state index < -0.39 is 0 Å². The van der Waals surface area contributed by atoms with Crippen LogP contribution >= 0.6 is 27.3 Å². The van der Waals surface area contributed by atoms with Gasteiger partial charge in [-0.15, -0.1) is 11.3 Å². The van der Waals surface area contributed by atoms with Crippen molar-refractivity contribution in [2.45, 2.75) is 25.5 Å². The lowest BCUT2D eigenvalue weighted by atomic mass is 10.2. The smallest absolute Gasteiger partial charge is 0.0702 e. The van der Waals surface area contributed by atoms with Crippen molar-refractivity contribution >= 4 is 27.3 Å². The van der Waals surface area contributed by atoms with E-state index in [0.29, 0.717) is 6.54 Å². The van der Waals surface area contributed by atoms with E-state index in [1.165, 1.54) is 4.88 Å². The Bertz CT molecular complexity index is 317. The van der Waals surface area contributed by atoms with Crippen molar-refractivity contribution in [1.82, 2.24) is 4.90 Å². The van der Waals surface area contributed by atoms with Gasteiger partial charge >= 0.3 is 0 Å². The Hall–Kier alpha value is 0.0600. The molecule has 1 aromatic rings. The zero-order valence-corrected chi connectivity index (χ0v) is 12.1. The van der Waals surface area contributed by atoms with Crippen molar-refractivity contribution in [1.29, 1.82) is 0 Å². The third-order valence-electron chi connectivity index (χ3n) is 2.58. The summed E-state index contributed by atoms with van der Waals surface area (Å²) < 4.78 is 1.13. The zero-order chi connectivity index (χ0) is 12.1. The number of hydrogen-bond acceptors (Lipinski definition) is 4. The van der Waals surface area contributed by atoms with E-state index in [1.807, 2.05) is 20.0 Å². The fourth-order valence-corrected chi connectivity index (χ4v) is 3.17. The summed E-state index contributed by atoms with van der Waals surface area (Å²) in [5.74, 6) is 0. The molecule has 92 valence electrons. The Balaban J connectivity index is 2.59. The molecule has 0 aliphatic carbocycles. The first kappa shape index (κ1) is 14.1. The number of hydrogen-bond donors (Lipinski definition) is 2. The minimum atomic E-state index is -0.254. The van der Waals surface area contributed by atoms with Crippen molar-refractivity contribution < 1.29 is 5.11 Å². The highest BCUT2D eigenvalue weighted by Gasteiger charge is 2.17. The maximum atomic E-state index is 9.27. The molecule has 0 aromatic carbocycles. The fourth-order valence-electron chi connectivity index (χ4n) is 1.57. The fraction of sp³-hybridized carbons (Fsp3) is 0.636. The molecule has 2 unspecified atom stereocenters. The highest BCUT2D eigenvalue weighted by atomic mass is 79.9. The number of nitrogens with two attached hydrogens (primary N) is 1. The van der Waals surface area contributed by atoms with Crippen LogP contribution in [0.2, 0.25) is 0 Å². The van der Waals surface area contributed by atoms with Crippen molar-refractivity contribution in [2.75, 3.05) is 20.1 Å². The van der Waals surface area contributed by atoms with Crippen LogP contribution in [0.15, 0.2) is 15.9 Å². The number of halogens is 1. The molecule has 0 radical (unpaired) electrons. The Labute approximate surface area is 109 Å². The Morgan fingerprint density at radius 2 is 2.25 bits per heavy atom. The molecular formula is C11H19BrN2OS. The molecule has 1 aromatic heterocycles. The van der Waals surface area contributed by atoms with E-state index >= 15 is 0 Å². The van der Waals surface area contributed by atoms with Gasteiger partial charge < -0.3 is 10.8 Å². The summed E-state index contributed by atoms with van der Waals surface area (Å²) in [6.07, 6.45) is 0.524. The largest absolute Gasteiger partial charge is 0.393 e. The molecule has 2 atom stereocenters. The summed E-state index contributed by atoms with van der Waals surface area (Å²) in [5.41, 5.74) is 5.81. The first-order chi connectivity index (χ1) is 7.54. The average Bonchev–Trinajstić information content (AvgIpc) is 2.63. The summed E-state index contributed by atoms with van der Waals surface area (Å²) in [4.78, 5) is 3.47. The molecule has 0 bridgehead atoms. The van der Waals surface area contributed by atoms with Gasteiger partial charge in [0.2, 0.25) is 0 Å². The molecule has 5 heteroatoms. The van der Waals surface area contributed by atoms with E-state index in [1.54, 1.807) is 11.3 Å². The molecule has 3 N–H and O–H groups in total. The van der Waals surface area contributed by atoms with Crippen LogP contribution in [-0.4, -0.2) is 36.2 Å². The van der Waals surface area contributed by atoms with Crippen LogP contribution in [0, 0.1) is 0 Å².